The van der Waals surface area contributed by atoms with Gasteiger partial charge in [-0.15, -0.1) is 6.58 Å². The molecule has 6 aliphatic rings. The summed E-state index contributed by atoms with van der Waals surface area (Å²) in [5.41, 5.74) is 31.5. The SMILES string of the molecule is C=C/C=C/CCCC1(CCC/C=C/C=C)c2cc(C)ccc2-c2ccc(C)cc21.C=C/C=C/CCCOC1(OCCC/C=C/C=C)c2cc(C)ccc2-c2ccc(C)cc21.C=CCCCC1(CCCC=C(F)F)c2cc(C)ccc2-c2ccc(C)cc21.Cc1ccc2c(c1)C(CCOCC1(C)CO1)(CCOCC1(C)CO1)c1cc(C)ccc1-2. The van der Waals surface area contributed by atoms with E-state index in [1.807, 2.05) is 30.4 Å². The van der Waals surface area contributed by atoms with E-state index in [4.69, 9.17) is 28.4 Å². The fraction of sp³-hybridized carbons (Fsp3) is 0.382. The van der Waals surface area contributed by atoms with Crippen LogP contribution in [0.2, 0.25) is 0 Å². The second-order valence-corrected chi connectivity index (χ2v) is 34.3. The van der Waals surface area contributed by atoms with Crippen molar-refractivity contribution in [3.05, 3.63) is 359 Å². The second kappa shape index (κ2) is 41.6. The molecule has 0 aromatic heterocycles. The van der Waals surface area contributed by atoms with Crippen molar-refractivity contribution in [2.75, 3.05) is 52.9 Å². The predicted molar refractivity (Wildman–Crippen MR) is 492 cm³/mol. The van der Waals surface area contributed by atoms with Gasteiger partial charge in [0.25, 0.3) is 6.08 Å². The fourth-order valence-electron chi connectivity index (χ4n) is 18.3. The van der Waals surface area contributed by atoms with Crippen molar-refractivity contribution in [2.24, 2.45) is 0 Å². The number of epoxide rings is 2. The van der Waals surface area contributed by atoms with E-state index >= 15 is 0 Å². The van der Waals surface area contributed by atoms with Gasteiger partial charge in [0.15, 0.2) is 0 Å². The number of ether oxygens (including phenoxy) is 6. The van der Waals surface area contributed by atoms with E-state index in [0.29, 0.717) is 46.1 Å². The fourth-order valence-corrected chi connectivity index (χ4v) is 18.3. The molecule has 0 saturated carbocycles. The summed E-state index contributed by atoms with van der Waals surface area (Å²) in [7, 11) is 0. The number of allylic oxidation sites excluding steroid dienone is 14. The van der Waals surface area contributed by atoms with Crippen LogP contribution < -0.4 is 0 Å². The lowest BCUT2D eigenvalue weighted by Gasteiger charge is -2.33. The zero-order valence-electron chi connectivity index (χ0n) is 72.6. The van der Waals surface area contributed by atoms with E-state index in [-0.39, 0.29) is 27.4 Å². The molecule has 0 spiro atoms. The van der Waals surface area contributed by atoms with Gasteiger partial charge in [0.2, 0.25) is 5.79 Å². The summed E-state index contributed by atoms with van der Waals surface area (Å²) in [6.45, 7) is 46.1. The Bertz CT molecular complexity index is 4670. The Morgan fingerprint density at radius 3 is 0.839 bits per heavy atom. The number of unbranched alkanes of at least 4 members (excludes halogenated alkanes) is 6. The van der Waals surface area contributed by atoms with Gasteiger partial charge >= 0.3 is 0 Å². The van der Waals surface area contributed by atoms with Gasteiger partial charge in [0, 0.05) is 40.6 Å². The molecule has 6 nitrogen and oxygen atoms in total. The molecule has 620 valence electrons. The number of benzene rings is 8. The largest absolute Gasteiger partial charge is 0.378 e. The highest BCUT2D eigenvalue weighted by Gasteiger charge is 2.49. The molecular weight excluding hydrogens is 1460 g/mol. The Morgan fingerprint density at radius 2 is 0.576 bits per heavy atom. The number of aryl methyl sites for hydroxylation is 8. The van der Waals surface area contributed by atoms with Crippen LogP contribution in [0, 0.1) is 55.4 Å². The quantitative estimate of drug-likeness (QED) is 0.0125. The van der Waals surface area contributed by atoms with Gasteiger partial charge < -0.3 is 28.4 Å². The molecular formula is C110H130F2O6. The van der Waals surface area contributed by atoms with Crippen molar-refractivity contribution in [3.63, 3.8) is 0 Å². The summed E-state index contributed by atoms with van der Waals surface area (Å²) in [6.07, 6.45) is 43.4. The summed E-state index contributed by atoms with van der Waals surface area (Å²) in [5.74, 6) is -0.854. The van der Waals surface area contributed by atoms with Gasteiger partial charge in [-0.05, 0) is 281 Å². The molecule has 8 aromatic rings. The third-order valence-corrected chi connectivity index (χ3v) is 24.6. The van der Waals surface area contributed by atoms with Crippen LogP contribution in [0.5, 0.6) is 0 Å². The average Bonchev–Trinajstić information content (AvgIpc) is 1.59. The molecule has 2 atom stereocenters. The van der Waals surface area contributed by atoms with E-state index in [1.165, 1.54) is 137 Å². The highest BCUT2D eigenvalue weighted by Crippen LogP contribution is 2.58. The molecule has 8 aromatic carbocycles. The molecule has 2 saturated heterocycles. The van der Waals surface area contributed by atoms with E-state index in [9.17, 15) is 8.78 Å². The minimum absolute atomic E-state index is 0.0748. The van der Waals surface area contributed by atoms with Crippen LogP contribution >= 0.6 is 0 Å². The van der Waals surface area contributed by atoms with Gasteiger partial charge in [-0.25, -0.2) is 0 Å². The number of hydrogen-bond donors (Lipinski definition) is 0. The second-order valence-electron chi connectivity index (χ2n) is 34.3. The molecule has 0 radical (unpaired) electrons. The van der Waals surface area contributed by atoms with Crippen molar-refractivity contribution in [2.45, 2.75) is 218 Å². The highest BCUT2D eigenvalue weighted by molar-refractivity contribution is 5.85. The van der Waals surface area contributed by atoms with Crippen molar-refractivity contribution < 1.29 is 37.2 Å². The predicted octanol–water partition coefficient (Wildman–Crippen LogP) is 28.8. The lowest BCUT2D eigenvalue weighted by Crippen LogP contribution is -2.33. The summed E-state index contributed by atoms with van der Waals surface area (Å²) in [5, 5.41) is 0. The molecule has 2 aliphatic heterocycles. The third-order valence-electron chi connectivity index (χ3n) is 24.6. The Labute approximate surface area is 707 Å². The minimum Gasteiger partial charge on any atom is -0.378 e. The third kappa shape index (κ3) is 21.7. The van der Waals surface area contributed by atoms with Gasteiger partial charge in [-0.1, -0.05) is 283 Å². The topological polar surface area (TPSA) is 62.0 Å². The van der Waals surface area contributed by atoms with Gasteiger partial charge in [0.1, 0.15) is 11.2 Å². The molecule has 118 heavy (non-hydrogen) atoms. The average molecular weight is 1590 g/mol. The number of fused-ring (bicyclic) bond motifs is 12. The van der Waals surface area contributed by atoms with Crippen molar-refractivity contribution in [1.29, 1.82) is 0 Å². The lowest BCUT2D eigenvalue weighted by molar-refractivity contribution is -0.216. The smallest absolute Gasteiger partial charge is 0.266 e. The first-order valence-corrected chi connectivity index (χ1v) is 43.4. The van der Waals surface area contributed by atoms with E-state index in [0.717, 1.165) is 114 Å². The Kier molecular flexibility index (Phi) is 31.6. The lowest BCUT2D eigenvalue weighted by atomic mass is 9.70. The molecule has 0 amide bonds. The van der Waals surface area contributed by atoms with Crippen LogP contribution in [0.4, 0.5) is 8.78 Å². The Morgan fingerprint density at radius 1 is 0.331 bits per heavy atom. The first-order valence-electron chi connectivity index (χ1n) is 43.4. The van der Waals surface area contributed by atoms with Gasteiger partial charge in [-0.2, -0.15) is 8.78 Å². The van der Waals surface area contributed by atoms with Crippen LogP contribution in [0.3, 0.4) is 0 Å². The van der Waals surface area contributed by atoms with E-state index in [1.54, 1.807) is 23.3 Å². The van der Waals surface area contributed by atoms with Crippen molar-refractivity contribution in [1.82, 2.24) is 0 Å². The zero-order valence-corrected chi connectivity index (χ0v) is 72.6. The van der Waals surface area contributed by atoms with Crippen molar-refractivity contribution in [3.8, 4) is 44.5 Å². The molecule has 2 heterocycles. The van der Waals surface area contributed by atoms with E-state index in [2.05, 4.69) is 284 Å². The highest BCUT2D eigenvalue weighted by atomic mass is 19.3. The molecule has 2 unspecified atom stereocenters. The molecule has 14 rings (SSSR count). The van der Waals surface area contributed by atoms with E-state index < -0.39 is 11.9 Å². The van der Waals surface area contributed by atoms with Crippen LogP contribution in [0.25, 0.3) is 44.5 Å². The van der Waals surface area contributed by atoms with Crippen LogP contribution in [0.15, 0.2) is 270 Å². The van der Waals surface area contributed by atoms with Gasteiger partial charge in [-0.3, -0.25) is 0 Å². The zero-order chi connectivity index (χ0) is 83.9. The first kappa shape index (κ1) is 89.6. The van der Waals surface area contributed by atoms with Crippen LogP contribution in [-0.2, 0) is 50.5 Å². The molecule has 8 heteroatoms. The molecule has 0 bridgehead atoms. The number of hydrogen-bond acceptors (Lipinski definition) is 6. The van der Waals surface area contributed by atoms with Gasteiger partial charge in [0.05, 0.1) is 39.6 Å². The van der Waals surface area contributed by atoms with Crippen molar-refractivity contribution >= 4 is 0 Å². The summed E-state index contributed by atoms with van der Waals surface area (Å²) in [4.78, 5) is 0. The van der Waals surface area contributed by atoms with Crippen LogP contribution in [-0.4, -0.2) is 64.1 Å². The summed E-state index contributed by atoms with van der Waals surface area (Å²) >= 11 is 0. The first-order chi connectivity index (χ1) is 57.0. The monoisotopic (exact) mass is 1580 g/mol. The number of rotatable bonds is 40. The molecule has 4 aliphatic carbocycles. The standard InChI is InChI=1S/C29H34O2.C29H34.C27H34O4.C25H28F2/c1-5-7-9-11-13-19-30-29(31-20-14-12-10-8-6-2)27-21-23(3)15-17-25(27)26-18-16-24(4)22-28(26)29;1-5-7-9-11-13-19-29(20-14-12-10-8-6-2)27-21-23(3)15-17-25(27)26-18-16-24(4)22-28(26)29;1-19-5-7-21-22-8-6-20(2)14-24(22)27(23(21)13-19,9-11-28-15-25(3)17-30-25)10-12-29-16-26(4)18-31-26;1-4-5-7-14-25(15-8-6-9-24(26)27)22-16-18(2)10-12-20(22)21-13-11-19(3)17-23(21)25/h5-10,15-18,21-22H,1-2,11-14,19-20H2,3-4H3;5-10,15-18,21-22H,1-2,11-14,19-20H2,3-4H3;5-8,13-14H,9-12,15-18H2,1-4H3;4,9-13,16-17H,1,5-8,14-15H2,2-3H3/b2*9-7+,10-8+;;. The maximum Gasteiger partial charge on any atom is 0.266 e. The summed E-state index contributed by atoms with van der Waals surface area (Å²) < 4.78 is 61.6. The normalized spacial score (nSPS) is 17.5. The Hall–Kier alpha value is -9.22. The Balaban J connectivity index is 0.000000155. The number of halogens is 2. The molecule has 2 fully saturated rings. The minimum atomic E-state index is -1.57. The maximum absolute atomic E-state index is 12.5. The maximum atomic E-state index is 12.5. The van der Waals surface area contributed by atoms with Crippen LogP contribution in [0.1, 0.15) is 218 Å². The molecule has 0 N–H and O–H groups in total. The summed E-state index contributed by atoms with van der Waals surface area (Å²) in [6, 6.07) is 54.5.